The lowest BCUT2D eigenvalue weighted by atomic mass is 9.50. The molecule has 1 aromatic rings. The van der Waals surface area contributed by atoms with Gasteiger partial charge in [-0.15, -0.1) is 0 Å². The monoisotopic (exact) mass is 371 g/mol. The molecule has 27 heavy (non-hydrogen) atoms. The van der Waals surface area contributed by atoms with Gasteiger partial charge in [-0.1, -0.05) is 19.9 Å². The highest BCUT2D eigenvalue weighted by Gasteiger charge is 2.71. The van der Waals surface area contributed by atoms with Crippen LogP contribution in [0, 0.1) is 5.92 Å². The van der Waals surface area contributed by atoms with Crippen LogP contribution < -0.4 is 14.8 Å². The second-order valence-electron chi connectivity index (χ2n) is 8.37. The Kier molecular flexibility index (Phi) is 3.47. The zero-order chi connectivity index (χ0) is 19.0. The first-order valence-electron chi connectivity index (χ1n) is 9.67. The molecule has 4 aliphatic rings. The minimum atomic E-state index is -0.978. The number of carbonyl (C=O) groups excluding carboxylic acids is 1. The SMILES string of the molecule is COc1ccc2c3c1O[C@H]1C(OC(=O)C(C)C)=CC[C@@]4(O)[C@@H](C2)NCC[C@]314. The predicted molar refractivity (Wildman–Crippen MR) is 97.8 cm³/mol. The number of hydrogen-bond acceptors (Lipinski definition) is 6. The maximum Gasteiger partial charge on any atom is 0.313 e. The summed E-state index contributed by atoms with van der Waals surface area (Å²) in [5.74, 6) is 1.35. The smallest absolute Gasteiger partial charge is 0.313 e. The molecule has 5 rings (SSSR count). The molecule has 1 fully saturated rings. The Balaban J connectivity index is 1.71. The van der Waals surface area contributed by atoms with Crippen molar-refractivity contribution in [1.29, 1.82) is 0 Å². The molecule has 6 heteroatoms. The minimum absolute atomic E-state index is 0.0530. The number of methoxy groups -OCH3 is 1. The number of hydrogen-bond donors (Lipinski definition) is 2. The summed E-state index contributed by atoms with van der Waals surface area (Å²) in [6, 6.07) is 3.94. The van der Waals surface area contributed by atoms with Crippen molar-refractivity contribution in [3.63, 3.8) is 0 Å². The zero-order valence-electron chi connectivity index (χ0n) is 15.9. The lowest BCUT2D eigenvalue weighted by Crippen LogP contribution is -2.74. The molecule has 1 spiro atoms. The molecule has 0 radical (unpaired) electrons. The van der Waals surface area contributed by atoms with Crippen molar-refractivity contribution in [2.75, 3.05) is 13.7 Å². The summed E-state index contributed by atoms with van der Waals surface area (Å²) in [6.07, 6.45) is 3.21. The number of piperidine rings is 1. The van der Waals surface area contributed by atoms with Gasteiger partial charge in [0.2, 0.25) is 0 Å². The van der Waals surface area contributed by atoms with E-state index in [1.54, 1.807) is 7.11 Å². The van der Waals surface area contributed by atoms with E-state index in [-0.39, 0.29) is 17.9 Å². The highest BCUT2D eigenvalue weighted by molar-refractivity contribution is 5.73. The van der Waals surface area contributed by atoms with Crippen molar-refractivity contribution in [2.45, 2.75) is 56.3 Å². The van der Waals surface area contributed by atoms with Crippen LogP contribution in [0.5, 0.6) is 11.5 Å². The Morgan fingerprint density at radius 3 is 2.96 bits per heavy atom. The first kappa shape index (κ1) is 17.1. The van der Waals surface area contributed by atoms with Gasteiger partial charge in [-0.05, 0) is 37.1 Å². The van der Waals surface area contributed by atoms with Crippen molar-refractivity contribution in [3.8, 4) is 11.5 Å². The van der Waals surface area contributed by atoms with Crippen molar-refractivity contribution in [2.24, 2.45) is 5.92 Å². The second kappa shape index (κ2) is 5.49. The number of rotatable bonds is 3. The fourth-order valence-corrected chi connectivity index (χ4v) is 5.51. The average molecular weight is 371 g/mol. The molecule has 0 amide bonds. The molecule has 6 nitrogen and oxygen atoms in total. The lowest BCUT2D eigenvalue weighted by molar-refractivity contribution is -0.154. The van der Waals surface area contributed by atoms with Crippen molar-refractivity contribution >= 4 is 5.97 Å². The van der Waals surface area contributed by atoms with Crippen LogP contribution >= 0.6 is 0 Å². The lowest BCUT2D eigenvalue weighted by Gasteiger charge is -2.59. The van der Waals surface area contributed by atoms with Crippen LogP contribution in [-0.4, -0.2) is 42.5 Å². The summed E-state index contributed by atoms with van der Waals surface area (Å²) in [6.45, 7) is 4.41. The van der Waals surface area contributed by atoms with Crippen molar-refractivity contribution in [3.05, 3.63) is 35.1 Å². The molecule has 0 saturated carbocycles. The topological polar surface area (TPSA) is 77.0 Å². The van der Waals surface area contributed by atoms with Crippen LogP contribution in [0.25, 0.3) is 0 Å². The minimum Gasteiger partial charge on any atom is -0.493 e. The van der Waals surface area contributed by atoms with Crippen LogP contribution in [0.3, 0.4) is 0 Å². The molecule has 2 bridgehead atoms. The number of benzene rings is 1. The fraction of sp³-hybridized carbons (Fsp3) is 0.571. The van der Waals surface area contributed by atoms with Gasteiger partial charge >= 0.3 is 5.97 Å². The first-order chi connectivity index (χ1) is 12.9. The summed E-state index contributed by atoms with van der Waals surface area (Å²) in [4.78, 5) is 12.3. The van der Waals surface area contributed by atoms with Crippen LogP contribution in [0.2, 0.25) is 0 Å². The van der Waals surface area contributed by atoms with E-state index in [0.29, 0.717) is 30.1 Å². The number of carbonyl (C=O) groups is 1. The van der Waals surface area contributed by atoms with Crippen LogP contribution in [0.4, 0.5) is 0 Å². The maximum atomic E-state index is 12.3. The van der Waals surface area contributed by atoms with Gasteiger partial charge in [0.15, 0.2) is 17.6 Å². The third-order valence-electron chi connectivity index (χ3n) is 6.80. The van der Waals surface area contributed by atoms with E-state index in [9.17, 15) is 9.90 Å². The summed E-state index contributed by atoms with van der Waals surface area (Å²) in [5.41, 5.74) is 0.612. The summed E-state index contributed by atoms with van der Waals surface area (Å²) in [5, 5.41) is 15.4. The Morgan fingerprint density at radius 1 is 1.41 bits per heavy atom. The molecule has 2 N–H and O–H groups in total. The Morgan fingerprint density at radius 2 is 2.22 bits per heavy atom. The fourth-order valence-electron chi connectivity index (χ4n) is 5.51. The molecular weight excluding hydrogens is 346 g/mol. The largest absolute Gasteiger partial charge is 0.493 e. The summed E-state index contributed by atoms with van der Waals surface area (Å²) in [7, 11) is 1.62. The average Bonchev–Trinajstić information content (AvgIpc) is 2.98. The highest BCUT2D eigenvalue weighted by atomic mass is 16.6. The van der Waals surface area contributed by atoms with Gasteiger partial charge < -0.3 is 24.6 Å². The van der Waals surface area contributed by atoms with Gasteiger partial charge in [0.05, 0.1) is 24.0 Å². The van der Waals surface area contributed by atoms with E-state index in [1.807, 2.05) is 26.0 Å². The van der Waals surface area contributed by atoms with E-state index >= 15 is 0 Å². The molecule has 2 aliphatic carbocycles. The van der Waals surface area contributed by atoms with E-state index < -0.39 is 17.1 Å². The maximum absolute atomic E-state index is 12.3. The molecule has 2 heterocycles. The zero-order valence-corrected chi connectivity index (χ0v) is 15.9. The van der Waals surface area contributed by atoms with Gasteiger partial charge in [0.1, 0.15) is 5.76 Å². The molecule has 144 valence electrons. The van der Waals surface area contributed by atoms with Crippen molar-refractivity contribution in [1.82, 2.24) is 5.32 Å². The van der Waals surface area contributed by atoms with Gasteiger partial charge in [0, 0.05) is 18.0 Å². The summed E-state index contributed by atoms with van der Waals surface area (Å²) < 4.78 is 17.7. The molecular formula is C21H25NO5. The number of ether oxygens (including phenoxy) is 3. The molecule has 1 saturated heterocycles. The Labute approximate surface area is 158 Å². The van der Waals surface area contributed by atoms with Crippen LogP contribution in [0.15, 0.2) is 24.0 Å². The van der Waals surface area contributed by atoms with E-state index in [4.69, 9.17) is 14.2 Å². The molecule has 1 aromatic carbocycles. The Hall–Kier alpha value is -2.05. The number of aliphatic hydroxyl groups is 1. The highest BCUT2D eigenvalue weighted by Crippen LogP contribution is 2.64. The number of nitrogens with one attached hydrogen (secondary N) is 1. The third kappa shape index (κ3) is 1.95. The van der Waals surface area contributed by atoms with Crippen LogP contribution in [-0.2, 0) is 21.4 Å². The number of esters is 1. The van der Waals surface area contributed by atoms with Gasteiger partial charge in [-0.3, -0.25) is 4.79 Å². The molecule has 0 unspecified atom stereocenters. The standard InChI is InChI=1S/C21H25NO5/c1-11(2)19(23)26-14-6-7-21(24)15-10-12-4-5-13(25-3)17-16(12)20(21,8-9-22-15)18(14)27-17/h4-6,11,15,18,22,24H,7-10H2,1-3H3/t15-,18+,20+,21-/m1/s1. The summed E-state index contributed by atoms with van der Waals surface area (Å²) >= 11 is 0. The molecule has 2 aliphatic heterocycles. The Bertz CT molecular complexity index is 862. The molecule has 4 atom stereocenters. The quantitative estimate of drug-likeness (QED) is 0.790. The van der Waals surface area contributed by atoms with E-state index in [1.165, 1.54) is 5.56 Å². The van der Waals surface area contributed by atoms with Gasteiger partial charge in [-0.2, -0.15) is 0 Å². The first-order valence-corrected chi connectivity index (χ1v) is 9.67. The van der Waals surface area contributed by atoms with Crippen molar-refractivity contribution < 1.29 is 24.1 Å². The van der Waals surface area contributed by atoms with E-state index in [0.717, 1.165) is 18.5 Å². The van der Waals surface area contributed by atoms with Gasteiger partial charge in [-0.25, -0.2) is 0 Å². The second-order valence-corrected chi connectivity index (χ2v) is 8.37. The normalized spacial score (nSPS) is 35.2. The van der Waals surface area contributed by atoms with Gasteiger partial charge in [0.25, 0.3) is 0 Å². The third-order valence-corrected chi connectivity index (χ3v) is 6.80. The van der Waals surface area contributed by atoms with E-state index in [2.05, 4.69) is 11.4 Å². The molecule has 0 aromatic heterocycles. The van der Waals surface area contributed by atoms with Crippen LogP contribution in [0.1, 0.15) is 37.8 Å². The predicted octanol–water partition coefficient (Wildman–Crippen LogP) is 1.83.